The average Bonchev–Trinajstić information content (AvgIpc) is 2.03. The van der Waals surface area contributed by atoms with Gasteiger partial charge < -0.3 is 10.6 Å². The van der Waals surface area contributed by atoms with Crippen LogP contribution < -0.4 is 5.73 Å². The Morgan fingerprint density at radius 1 is 1.43 bits per heavy atom. The zero-order valence-corrected chi connectivity index (χ0v) is 8.84. The third-order valence-corrected chi connectivity index (χ3v) is 2.16. The van der Waals surface area contributed by atoms with Crippen LogP contribution in [0.5, 0.6) is 0 Å². The fraction of sp³-hybridized carbons (Fsp3) is 0.889. The van der Waals surface area contributed by atoms with Crippen molar-refractivity contribution in [2.75, 3.05) is 20.1 Å². The lowest BCUT2D eigenvalue weighted by molar-refractivity contribution is -0.137. The van der Waals surface area contributed by atoms with E-state index in [0.29, 0.717) is 0 Å². The molecule has 0 spiro atoms. The van der Waals surface area contributed by atoms with Crippen molar-refractivity contribution in [1.29, 1.82) is 0 Å². The molecule has 0 radical (unpaired) electrons. The van der Waals surface area contributed by atoms with E-state index in [0.717, 1.165) is 4.90 Å². The van der Waals surface area contributed by atoms with E-state index in [1.165, 1.54) is 7.05 Å². The van der Waals surface area contributed by atoms with E-state index < -0.39 is 13.0 Å². The molecule has 0 saturated carbocycles. The van der Waals surface area contributed by atoms with Crippen molar-refractivity contribution in [2.45, 2.75) is 20.3 Å². The molecule has 0 aromatic heterocycles. The van der Waals surface area contributed by atoms with Crippen LogP contribution in [0.1, 0.15) is 13.8 Å². The van der Waals surface area contributed by atoms with E-state index in [2.05, 4.69) is 0 Å². The summed E-state index contributed by atoms with van der Waals surface area (Å²) in [5.74, 6) is -0.589. The van der Waals surface area contributed by atoms with Crippen LogP contribution in [-0.2, 0) is 4.79 Å². The molecule has 0 saturated heterocycles. The number of hydrogen-bond acceptors (Lipinski definition) is 2. The summed E-state index contributed by atoms with van der Waals surface area (Å²) in [6.07, 6.45) is -2.49. The fourth-order valence-electron chi connectivity index (χ4n) is 1.24. The van der Waals surface area contributed by atoms with Gasteiger partial charge in [-0.15, -0.1) is 0 Å². The summed E-state index contributed by atoms with van der Waals surface area (Å²) in [6.45, 7) is 3.38. The molecule has 0 aromatic rings. The number of halogens is 2. The van der Waals surface area contributed by atoms with Crippen molar-refractivity contribution in [3.8, 4) is 0 Å². The Kier molecular flexibility index (Phi) is 5.60. The zero-order valence-electron chi connectivity index (χ0n) is 8.84. The fourth-order valence-corrected chi connectivity index (χ4v) is 1.24. The maximum absolute atomic E-state index is 12.0. The Bertz CT molecular complexity index is 186. The molecule has 5 heteroatoms. The van der Waals surface area contributed by atoms with Gasteiger partial charge in [0.05, 0.1) is 12.5 Å². The summed E-state index contributed by atoms with van der Waals surface area (Å²) in [4.78, 5) is 12.6. The SMILES string of the molecule is CC(C)C(CN)C(=O)N(C)CC(F)F. The van der Waals surface area contributed by atoms with Crippen LogP contribution in [0.3, 0.4) is 0 Å². The molecular weight excluding hydrogens is 190 g/mol. The second kappa shape index (κ2) is 5.90. The van der Waals surface area contributed by atoms with E-state index in [-0.39, 0.29) is 24.3 Å². The summed E-state index contributed by atoms with van der Waals surface area (Å²) in [7, 11) is 1.37. The summed E-state index contributed by atoms with van der Waals surface area (Å²) >= 11 is 0. The molecule has 2 N–H and O–H groups in total. The van der Waals surface area contributed by atoms with Crippen molar-refractivity contribution in [2.24, 2.45) is 17.6 Å². The minimum atomic E-state index is -2.49. The lowest BCUT2D eigenvalue weighted by Crippen LogP contribution is -2.41. The van der Waals surface area contributed by atoms with Gasteiger partial charge in [-0.25, -0.2) is 8.78 Å². The Morgan fingerprint density at radius 3 is 2.21 bits per heavy atom. The number of carbonyl (C=O) groups is 1. The summed E-state index contributed by atoms with van der Waals surface area (Å²) < 4.78 is 24.0. The van der Waals surface area contributed by atoms with Crippen LogP contribution in [0, 0.1) is 11.8 Å². The van der Waals surface area contributed by atoms with E-state index in [4.69, 9.17) is 5.73 Å². The summed E-state index contributed by atoms with van der Waals surface area (Å²) in [5, 5.41) is 0. The second-order valence-corrected chi connectivity index (χ2v) is 3.70. The smallest absolute Gasteiger partial charge is 0.255 e. The van der Waals surface area contributed by atoms with Gasteiger partial charge >= 0.3 is 0 Å². The topological polar surface area (TPSA) is 46.3 Å². The van der Waals surface area contributed by atoms with Gasteiger partial charge in [0.25, 0.3) is 6.43 Å². The molecule has 3 nitrogen and oxygen atoms in total. The van der Waals surface area contributed by atoms with Gasteiger partial charge in [0.2, 0.25) is 5.91 Å². The number of alkyl halides is 2. The molecule has 1 atom stereocenters. The van der Waals surface area contributed by atoms with Crippen LogP contribution in [-0.4, -0.2) is 37.4 Å². The number of rotatable bonds is 5. The molecule has 0 fully saturated rings. The maximum atomic E-state index is 12.0. The molecule has 0 aliphatic carbocycles. The highest BCUT2D eigenvalue weighted by molar-refractivity contribution is 5.79. The first kappa shape index (κ1) is 13.3. The van der Waals surface area contributed by atoms with Crippen molar-refractivity contribution >= 4 is 5.91 Å². The van der Waals surface area contributed by atoms with Crippen LogP contribution in [0.2, 0.25) is 0 Å². The van der Waals surface area contributed by atoms with Crippen LogP contribution >= 0.6 is 0 Å². The number of nitrogens with two attached hydrogens (primary N) is 1. The van der Waals surface area contributed by atoms with Crippen molar-refractivity contribution in [3.05, 3.63) is 0 Å². The van der Waals surface area contributed by atoms with Crippen molar-refractivity contribution < 1.29 is 13.6 Å². The Balaban J connectivity index is 4.27. The van der Waals surface area contributed by atoms with Gasteiger partial charge in [-0.05, 0) is 5.92 Å². The average molecular weight is 208 g/mol. The van der Waals surface area contributed by atoms with E-state index in [1.54, 1.807) is 0 Å². The maximum Gasteiger partial charge on any atom is 0.255 e. The molecule has 0 aliphatic rings. The predicted octanol–water partition coefficient (Wildman–Crippen LogP) is 0.941. The lowest BCUT2D eigenvalue weighted by Gasteiger charge is -2.24. The third kappa shape index (κ3) is 4.00. The summed E-state index contributed by atoms with van der Waals surface area (Å²) in [5.41, 5.74) is 5.41. The van der Waals surface area contributed by atoms with Gasteiger partial charge in [0.1, 0.15) is 0 Å². The highest BCUT2D eigenvalue weighted by Gasteiger charge is 2.25. The van der Waals surface area contributed by atoms with E-state index in [1.807, 2.05) is 13.8 Å². The molecular formula is C9H18F2N2O. The summed E-state index contributed by atoms with van der Waals surface area (Å²) in [6, 6.07) is 0. The zero-order chi connectivity index (χ0) is 11.3. The number of carbonyl (C=O) groups excluding carboxylic acids is 1. The number of hydrogen-bond donors (Lipinski definition) is 1. The molecule has 84 valence electrons. The van der Waals surface area contributed by atoms with E-state index in [9.17, 15) is 13.6 Å². The molecule has 14 heavy (non-hydrogen) atoms. The molecule has 0 aromatic carbocycles. The highest BCUT2D eigenvalue weighted by Crippen LogP contribution is 2.12. The van der Waals surface area contributed by atoms with Gasteiger partial charge in [0.15, 0.2) is 0 Å². The second-order valence-electron chi connectivity index (χ2n) is 3.70. The van der Waals surface area contributed by atoms with Gasteiger partial charge in [-0.1, -0.05) is 13.8 Å². The van der Waals surface area contributed by atoms with Crippen molar-refractivity contribution in [3.63, 3.8) is 0 Å². The Hall–Kier alpha value is -0.710. The molecule has 0 bridgehead atoms. The standard InChI is InChI=1S/C9H18F2N2O/c1-6(2)7(4-12)9(14)13(3)5-8(10)11/h6-8H,4-5,12H2,1-3H3. The van der Waals surface area contributed by atoms with E-state index >= 15 is 0 Å². The lowest BCUT2D eigenvalue weighted by atomic mass is 9.94. The largest absolute Gasteiger partial charge is 0.340 e. The highest BCUT2D eigenvalue weighted by atomic mass is 19.3. The molecule has 0 heterocycles. The van der Waals surface area contributed by atoms with Gasteiger partial charge in [-0.2, -0.15) is 0 Å². The van der Waals surface area contributed by atoms with Crippen molar-refractivity contribution in [1.82, 2.24) is 4.90 Å². The quantitative estimate of drug-likeness (QED) is 0.731. The first-order valence-corrected chi connectivity index (χ1v) is 4.63. The van der Waals surface area contributed by atoms with Gasteiger partial charge in [0, 0.05) is 13.6 Å². The number of nitrogens with zero attached hydrogens (tertiary/aromatic N) is 1. The normalized spacial score (nSPS) is 13.4. The van der Waals surface area contributed by atoms with Crippen LogP contribution in [0.25, 0.3) is 0 Å². The molecule has 0 aliphatic heterocycles. The monoisotopic (exact) mass is 208 g/mol. The minimum absolute atomic E-state index is 0.0765. The van der Waals surface area contributed by atoms with Crippen LogP contribution in [0.15, 0.2) is 0 Å². The number of amides is 1. The van der Waals surface area contributed by atoms with Crippen LogP contribution in [0.4, 0.5) is 8.78 Å². The third-order valence-electron chi connectivity index (χ3n) is 2.16. The minimum Gasteiger partial charge on any atom is -0.340 e. The first-order valence-electron chi connectivity index (χ1n) is 4.63. The molecule has 1 unspecified atom stereocenters. The Morgan fingerprint density at radius 2 is 1.93 bits per heavy atom. The molecule has 0 rings (SSSR count). The first-order chi connectivity index (χ1) is 6.40. The van der Waals surface area contributed by atoms with Gasteiger partial charge in [-0.3, -0.25) is 4.79 Å². The predicted molar refractivity (Wildman–Crippen MR) is 51.0 cm³/mol. The Labute approximate surface area is 83.3 Å². The molecule has 1 amide bonds.